The van der Waals surface area contributed by atoms with E-state index < -0.39 is 0 Å². The maximum absolute atomic E-state index is 9.08. The average Bonchev–Trinajstić information content (AvgIpc) is 2.18. The van der Waals surface area contributed by atoms with E-state index in [4.69, 9.17) is 9.84 Å². The van der Waals surface area contributed by atoms with Gasteiger partial charge in [-0.25, -0.2) is 0 Å². The van der Waals surface area contributed by atoms with Crippen molar-refractivity contribution in [2.45, 2.75) is 39.4 Å². The molecule has 0 aliphatic heterocycles. The van der Waals surface area contributed by atoms with Crippen molar-refractivity contribution in [3.8, 4) is 5.75 Å². The van der Waals surface area contributed by atoms with Crippen molar-refractivity contribution < 1.29 is 9.84 Å². The van der Waals surface area contributed by atoms with Gasteiger partial charge in [0.2, 0.25) is 0 Å². The molecule has 0 fully saturated rings. The molecule has 0 aliphatic carbocycles. The molecule has 78 valence electrons. The molecule has 1 N–H and O–H groups in total. The molecule has 0 saturated carbocycles. The van der Waals surface area contributed by atoms with Crippen LogP contribution in [-0.4, -0.2) is 15.7 Å². The Labute approximate surface area is 84.7 Å². The van der Waals surface area contributed by atoms with E-state index in [2.05, 4.69) is 11.9 Å². The van der Waals surface area contributed by atoms with Crippen LogP contribution in [0.4, 0.5) is 0 Å². The van der Waals surface area contributed by atoms with Crippen LogP contribution in [0.1, 0.15) is 32.8 Å². The zero-order valence-corrected chi connectivity index (χ0v) is 8.95. The highest BCUT2D eigenvalue weighted by molar-refractivity contribution is 5.29. The van der Waals surface area contributed by atoms with Gasteiger partial charge < -0.3 is 9.84 Å². The highest BCUT2D eigenvalue weighted by Crippen LogP contribution is 2.23. The van der Waals surface area contributed by atoms with Gasteiger partial charge in [-0.3, -0.25) is 4.98 Å². The molecule has 0 unspecified atom stereocenters. The van der Waals surface area contributed by atoms with Gasteiger partial charge >= 0.3 is 0 Å². The molecule has 0 atom stereocenters. The van der Waals surface area contributed by atoms with Gasteiger partial charge in [0.15, 0.2) is 0 Å². The summed E-state index contributed by atoms with van der Waals surface area (Å²) in [5, 5.41) is 9.08. The Kier molecular flexibility index (Phi) is 3.47. The smallest absolute Gasteiger partial charge is 0.143 e. The minimum Gasteiger partial charge on any atom is -0.486 e. The van der Waals surface area contributed by atoms with Crippen molar-refractivity contribution in [2.75, 3.05) is 0 Å². The first-order valence-electron chi connectivity index (χ1n) is 4.82. The van der Waals surface area contributed by atoms with E-state index in [0.29, 0.717) is 5.75 Å². The summed E-state index contributed by atoms with van der Waals surface area (Å²) in [6.45, 7) is 6.08. The van der Waals surface area contributed by atoms with Crippen LogP contribution in [0.5, 0.6) is 5.75 Å². The highest BCUT2D eigenvalue weighted by atomic mass is 16.5. The first-order chi connectivity index (χ1) is 6.59. The van der Waals surface area contributed by atoms with Crippen molar-refractivity contribution in [1.29, 1.82) is 0 Å². The van der Waals surface area contributed by atoms with Gasteiger partial charge in [0.1, 0.15) is 11.4 Å². The molecule has 3 heteroatoms. The summed E-state index contributed by atoms with van der Waals surface area (Å²) in [6.07, 6.45) is 4.20. The zero-order valence-electron chi connectivity index (χ0n) is 8.95. The number of hydrogen-bond acceptors (Lipinski definition) is 3. The van der Waals surface area contributed by atoms with Crippen LogP contribution < -0.4 is 4.74 Å². The SMILES string of the molecule is CCC(C)(C)Oc1cnccc1CO. The summed E-state index contributed by atoms with van der Waals surface area (Å²) in [4.78, 5) is 3.98. The Bertz CT molecular complexity index is 297. The summed E-state index contributed by atoms with van der Waals surface area (Å²) in [7, 11) is 0. The zero-order chi connectivity index (χ0) is 10.6. The van der Waals surface area contributed by atoms with E-state index in [-0.39, 0.29) is 12.2 Å². The van der Waals surface area contributed by atoms with Crippen LogP contribution in [0.15, 0.2) is 18.5 Å². The van der Waals surface area contributed by atoms with Gasteiger partial charge in [-0.05, 0) is 26.3 Å². The lowest BCUT2D eigenvalue weighted by Crippen LogP contribution is -2.27. The standard InChI is InChI=1S/C11H17NO2/c1-4-11(2,3)14-10-7-12-6-5-9(10)8-13/h5-7,13H,4,8H2,1-3H3. The molecule has 0 spiro atoms. The molecule has 0 radical (unpaired) electrons. The summed E-state index contributed by atoms with van der Waals surface area (Å²) in [5.74, 6) is 0.668. The van der Waals surface area contributed by atoms with E-state index in [1.54, 1.807) is 18.5 Å². The van der Waals surface area contributed by atoms with Crippen LogP contribution in [0.3, 0.4) is 0 Å². The number of aliphatic hydroxyl groups is 1. The van der Waals surface area contributed by atoms with Crippen LogP contribution in [0, 0.1) is 0 Å². The molecule has 1 aromatic heterocycles. The quantitative estimate of drug-likeness (QED) is 0.800. The molecule has 0 aromatic carbocycles. The van der Waals surface area contributed by atoms with E-state index in [1.165, 1.54) is 0 Å². The molecule has 0 amide bonds. The molecular weight excluding hydrogens is 178 g/mol. The number of nitrogens with zero attached hydrogens (tertiary/aromatic N) is 1. The Balaban J connectivity index is 2.85. The lowest BCUT2D eigenvalue weighted by Gasteiger charge is -2.25. The van der Waals surface area contributed by atoms with Gasteiger partial charge in [-0.15, -0.1) is 0 Å². The van der Waals surface area contributed by atoms with Gasteiger partial charge in [0, 0.05) is 11.8 Å². The first-order valence-corrected chi connectivity index (χ1v) is 4.82. The second-order valence-electron chi connectivity index (χ2n) is 3.86. The lowest BCUT2D eigenvalue weighted by atomic mass is 10.1. The Hall–Kier alpha value is -1.09. The third kappa shape index (κ3) is 2.70. The predicted molar refractivity (Wildman–Crippen MR) is 55.2 cm³/mol. The minimum absolute atomic E-state index is 0.0162. The molecule has 0 saturated heterocycles. The second-order valence-corrected chi connectivity index (χ2v) is 3.86. The fourth-order valence-corrected chi connectivity index (χ4v) is 1.00. The van der Waals surface area contributed by atoms with Gasteiger partial charge in [-0.2, -0.15) is 0 Å². The normalized spacial score (nSPS) is 11.4. The number of aromatic nitrogens is 1. The molecule has 0 aliphatic rings. The maximum Gasteiger partial charge on any atom is 0.143 e. The number of ether oxygens (including phenoxy) is 1. The Morgan fingerprint density at radius 1 is 1.50 bits per heavy atom. The fraction of sp³-hybridized carbons (Fsp3) is 0.545. The van der Waals surface area contributed by atoms with E-state index in [0.717, 1.165) is 12.0 Å². The highest BCUT2D eigenvalue weighted by Gasteiger charge is 2.18. The van der Waals surface area contributed by atoms with Crippen LogP contribution in [0.2, 0.25) is 0 Å². The number of rotatable bonds is 4. The molecule has 1 heterocycles. The topological polar surface area (TPSA) is 42.4 Å². The maximum atomic E-state index is 9.08. The average molecular weight is 195 g/mol. The van der Waals surface area contributed by atoms with Gasteiger partial charge in [-0.1, -0.05) is 6.92 Å². The minimum atomic E-state index is -0.215. The summed E-state index contributed by atoms with van der Waals surface area (Å²) in [6, 6.07) is 1.76. The van der Waals surface area contributed by atoms with Crippen molar-refractivity contribution in [3.05, 3.63) is 24.0 Å². The van der Waals surface area contributed by atoms with Gasteiger partial charge in [0.25, 0.3) is 0 Å². The van der Waals surface area contributed by atoms with Crippen molar-refractivity contribution in [2.24, 2.45) is 0 Å². The molecule has 0 bridgehead atoms. The van der Waals surface area contributed by atoms with Crippen LogP contribution >= 0.6 is 0 Å². The second kappa shape index (κ2) is 4.42. The Morgan fingerprint density at radius 3 is 2.79 bits per heavy atom. The van der Waals surface area contributed by atoms with Crippen molar-refractivity contribution >= 4 is 0 Å². The van der Waals surface area contributed by atoms with Crippen molar-refractivity contribution in [3.63, 3.8) is 0 Å². The Morgan fingerprint density at radius 2 is 2.21 bits per heavy atom. The number of pyridine rings is 1. The first kappa shape index (κ1) is 11.0. The predicted octanol–water partition coefficient (Wildman–Crippen LogP) is 2.14. The van der Waals surface area contributed by atoms with E-state index in [9.17, 15) is 0 Å². The van der Waals surface area contributed by atoms with Gasteiger partial charge in [0.05, 0.1) is 12.8 Å². The summed E-state index contributed by atoms with van der Waals surface area (Å²) < 4.78 is 5.75. The van der Waals surface area contributed by atoms with Crippen molar-refractivity contribution in [1.82, 2.24) is 4.98 Å². The van der Waals surface area contributed by atoms with Crippen LogP contribution in [-0.2, 0) is 6.61 Å². The van der Waals surface area contributed by atoms with E-state index in [1.807, 2.05) is 13.8 Å². The van der Waals surface area contributed by atoms with E-state index >= 15 is 0 Å². The summed E-state index contributed by atoms with van der Waals surface area (Å²) in [5.41, 5.74) is 0.564. The molecule has 1 aromatic rings. The third-order valence-electron chi connectivity index (χ3n) is 2.28. The largest absolute Gasteiger partial charge is 0.486 e. The fourth-order valence-electron chi connectivity index (χ4n) is 1.00. The molecule has 1 rings (SSSR count). The molecular formula is C11H17NO2. The lowest BCUT2D eigenvalue weighted by molar-refractivity contribution is 0.101. The molecule has 14 heavy (non-hydrogen) atoms. The number of hydrogen-bond donors (Lipinski definition) is 1. The summed E-state index contributed by atoms with van der Waals surface area (Å²) >= 11 is 0. The third-order valence-corrected chi connectivity index (χ3v) is 2.28. The monoisotopic (exact) mass is 195 g/mol. The number of aliphatic hydroxyl groups excluding tert-OH is 1. The molecule has 3 nitrogen and oxygen atoms in total. The van der Waals surface area contributed by atoms with Crippen LogP contribution in [0.25, 0.3) is 0 Å².